The minimum Gasteiger partial charge on any atom is -0.340 e. The van der Waals surface area contributed by atoms with Crippen LogP contribution in [-0.4, -0.2) is 36.4 Å². The fourth-order valence-electron chi connectivity index (χ4n) is 2.15. The van der Waals surface area contributed by atoms with Gasteiger partial charge in [0.2, 0.25) is 5.91 Å². The van der Waals surface area contributed by atoms with E-state index >= 15 is 0 Å². The van der Waals surface area contributed by atoms with Crippen molar-refractivity contribution < 1.29 is 18.0 Å². The Morgan fingerprint density at radius 1 is 1.55 bits per heavy atom. The van der Waals surface area contributed by atoms with Crippen molar-refractivity contribution in [3.05, 3.63) is 34.1 Å². The summed E-state index contributed by atoms with van der Waals surface area (Å²) in [5, 5.41) is 2.50. The summed E-state index contributed by atoms with van der Waals surface area (Å²) >= 11 is 3.22. The van der Waals surface area contributed by atoms with Crippen LogP contribution in [0, 0.1) is 5.82 Å². The summed E-state index contributed by atoms with van der Waals surface area (Å²) in [5.74, 6) is -3.75. The molecule has 1 N–H and O–H groups in total. The average Bonchev–Trinajstić information content (AvgIpc) is 2.73. The van der Waals surface area contributed by atoms with Crippen LogP contribution < -0.4 is 5.32 Å². The van der Waals surface area contributed by atoms with E-state index in [4.69, 9.17) is 0 Å². The van der Waals surface area contributed by atoms with Gasteiger partial charge in [0, 0.05) is 30.0 Å². The van der Waals surface area contributed by atoms with Crippen molar-refractivity contribution >= 4 is 21.8 Å². The number of hydrogen-bond acceptors (Lipinski definition) is 2. The van der Waals surface area contributed by atoms with Gasteiger partial charge in [0.25, 0.3) is 5.92 Å². The Morgan fingerprint density at radius 3 is 2.85 bits per heavy atom. The Morgan fingerprint density at radius 2 is 2.25 bits per heavy atom. The van der Waals surface area contributed by atoms with Crippen molar-refractivity contribution in [2.75, 3.05) is 13.6 Å². The lowest BCUT2D eigenvalue weighted by Gasteiger charge is -2.21. The molecule has 1 aliphatic rings. The number of nitrogens with zero attached hydrogens (tertiary/aromatic N) is 1. The summed E-state index contributed by atoms with van der Waals surface area (Å²) in [4.78, 5) is 13.3. The fourth-order valence-corrected chi connectivity index (χ4v) is 2.56. The lowest BCUT2D eigenvalue weighted by molar-refractivity contribution is -0.132. The van der Waals surface area contributed by atoms with Crippen LogP contribution in [0.25, 0.3) is 0 Å². The molecule has 0 spiro atoms. The highest BCUT2D eigenvalue weighted by atomic mass is 79.9. The first-order valence-corrected chi connectivity index (χ1v) is 6.88. The van der Waals surface area contributed by atoms with E-state index in [2.05, 4.69) is 21.2 Å². The normalized spacial score (nSPS) is 20.9. The zero-order valence-corrected chi connectivity index (χ0v) is 12.4. The van der Waals surface area contributed by atoms with Gasteiger partial charge in [-0.2, -0.15) is 0 Å². The highest BCUT2D eigenvalue weighted by molar-refractivity contribution is 9.10. The molecule has 1 fully saturated rings. The zero-order valence-electron chi connectivity index (χ0n) is 10.8. The maximum Gasteiger partial charge on any atom is 0.262 e. The number of carbonyl (C=O) groups is 1. The number of alkyl halides is 2. The van der Waals surface area contributed by atoms with Crippen LogP contribution in [0.1, 0.15) is 12.0 Å². The molecule has 20 heavy (non-hydrogen) atoms. The lowest BCUT2D eigenvalue weighted by atomic mass is 10.1. The molecule has 2 rings (SSSR count). The predicted molar refractivity (Wildman–Crippen MR) is 71.9 cm³/mol. The molecular weight excluding hydrogens is 337 g/mol. The second-order valence-corrected chi connectivity index (χ2v) is 5.84. The Balaban J connectivity index is 2.03. The lowest BCUT2D eigenvalue weighted by Crippen LogP contribution is -2.41. The number of carbonyl (C=O) groups excluding carboxylic acids is 1. The molecule has 1 saturated heterocycles. The Hall–Kier alpha value is -1.08. The van der Waals surface area contributed by atoms with Crippen molar-refractivity contribution in [2.24, 2.45) is 0 Å². The van der Waals surface area contributed by atoms with E-state index in [0.29, 0.717) is 10.0 Å². The van der Waals surface area contributed by atoms with E-state index < -0.39 is 36.7 Å². The summed E-state index contributed by atoms with van der Waals surface area (Å²) in [7, 11) is 1.47. The van der Waals surface area contributed by atoms with Crippen LogP contribution in [-0.2, 0) is 11.3 Å². The van der Waals surface area contributed by atoms with Gasteiger partial charge in [0.15, 0.2) is 0 Å². The molecule has 1 aromatic rings. The van der Waals surface area contributed by atoms with Crippen LogP contribution in [0.15, 0.2) is 22.7 Å². The molecular formula is C13H14BrF3N2O. The summed E-state index contributed by atoms with van der Waals surface area (Å²) in [5.41, 5.74) is 0.333. The van der Waals surface area contributed by atoms with Gasteiger partial charge in [0.1, 0.15) is 5.82 Å². The highest BCUT2D eigenvalue weighted by Crippen LogP contribution is 2.26. The number of halogens is 4. The smallest absolute Gasteiger partial charge is 0.262 e. The maximum absolute atomic E-state index is 13.6. The molecule has 1 heterocycles. The first-order chi connectivity index (χ1) is 9.28. The Bertz CT molecular complexity index is 524. The molecule has 1 aliphatic heterocycles. The quantitative estimate of drug-likeness (QED) is 0.908. The highest BCUT2D eigenvalue weighted by Gasteiger charge is 2.43. The third-order valence-electron chi connectivity index (χ3n) is 3.20. The third-order valence-corrected chi connectivity index (χ3v) is 3.69. The van der Waals surface area contributed by atoms with E-state index in [0.717, 1.165) is 0 Å². The van der Waals surface area contributed by atoms with Gasteiger partial charge in [-0.05, 0) is 18.2 Å². The number of benzene rings is 1. The third kappa shape index (κ3) is 3.52. The zero-order chi connectivity index (χ0) is 14.9. The van der Waals surface area contributed by atoms with Gasteiger partial charge < -0.3 is 4.90 Å². The minimum absolute atomic E-state index is 0.0356. The first kappa shape index (κ1) is 15.3. The van der Waals surface area contributed by atoms with E-state index in [1.807, 2.05) is 0 Å². The second kappa shape index (κ2) is 5.73. The number of hydrogen-bond donors (Lipinski definition) is 1. The largest absolute Gasteiger partial charge is 0.340 e. The van der Waals surface area contributed by atoms with Crippen molar-refractivity contribution in [3.63, 3.8) is 0 Å². The summed E-state index contributed by atoms with van der Waals surface area (Å²) in [6, 6.07) is 3.50. The number of amides is 1. The second-order valence-electron chi connectivity index (χ2n) is 4.92. The summed E-state index contributed by atoms with van der Waals surface area (Å²) in [6.07, 6.45) is -0.517. The molecule has 7 heteroatoms. The van der Waals surface area contributed by atoms with E-state index in [9.17, 15) is 18.0 Å². The van der Waals surface area contributed by atoms with Crippen LogP contribution in [0.5, 0.6) is 0 Å². The minimum atomic E-state index is -2.86. The van der Waals surface area contributed by atoms with Gasteiger partial charge >= 0.3 is 0 Å². The van der Waals surface area contributed by atoms with E-state index in [-0.39, 0.29) is 6.54 Å². The Kier molecular flexibility index (Phi) is 4.39. The number of nitrogens with one attached hydrogen (secondary N) is 1. The SMILES string of the molecule is CN(Cc1cc(Br)ccc1F)C(=O)C1CC(F)(F)CN1. The standard InChI is InChI=1S/C13H14BrF3N2O/c1-19(6-8-4-9(14)2-3-10(8)15)12(20)11-5-13(16,17)7-18-11/h2-4,11,18H,5-7H2,1H3. The predicted octanol–water partition coefficient (Wildman–Crippen LogP) is 2.54. The van der Waals surface area contributed by atoms with Crippen molar-refractivity contribution in [2.45, 2.75) is 24.9 Å². The molecule has 0 aromatic heterocycles. The van der Waals surface area contributed by atoms with Gasteiger partial charge in [0.05, 0.1) is 12.6 Å². The summed E-state index contributed by atoms with van der Waals surface area (Å²) in [6.45, 7) is -0.462. The van der Waals surface area contributed by atoms with Crippen molar-refractivity contribution in [1.82, 2.24) is 10.2 Å². The van der Waals surface area contributed by atoms with Crippen LogP contribution in [0.2, 0.25) is 0 Å². The molecule has 3 nitrogen and oxygen atoms in total. The Labute approximate surface area is 123 Å². The molecule has 1 amide bonds. The monoisotopic (exact) mass is 350 g/mol. The fraction of sp³-hybridized carbons (Fsp3) is 0.462. The average molecular weight is 351 g/mol. The topological polar surface area (TPSA) is 32.3 Å². The molecule has 1 aromatic carbocycles. The summed E-state index contributed by atoms with van der Waals surface area (Å²) < 4.78 is 40.4. The van der Waals surface area contributed by atoms with Gasteiger partial charge in [-0.25, -0.2) is 13.2 Å². The van der Waals surface area contributed by atoms with E-state index in [1.54, 1.807) is 12.1 Å². The van der Waals surface area contributed by atoms with Crippen LogP contribution >= 0.6 is 15.9 Å². The maximum atomic E-state index is 13.6. The first-order valence-electron chi connectivity index (χ1n) is 6.08. The number of rotatable bonds is 3. The van der Waals surface area contributed by atoms with Crippen LogP contribution in [0.4, 0.5) is 13.2 Å². The molecule has 0 saturated carbocycles. The molecule has 1 unspecified atom stereocenters. The van der Waals surface area contributed by atoms with Crippen LogP contribution in [0.3, 0.4) is 0 Å². The van der Waals surface area contributed by atoms with Gasteiger partial charge in [-0.15, -0.1) is 0 Å². The number of likely N-dealkylation sites (N-methyl/N-ethyl adjacent to an activating group) is 1. The van der Waals surface area contributed by atoms with E-state index in [1.165, 1.54) is 18.0 Å². The molecule has 1 atom stereocenters. The van der Waals surface area contributed by atoms with Gasteiger partial charge in [-0.3, -0.25) is 10.1 Å². The molecule has 0 bridgehead atoms. The molecule has 0 aliphatic carbocycles. The van der Waals surface area contributed by atoms with Crippen molar-refractivity contribution in [3.8, 4) is 0 Å². The van der Waals surface area contributed by atoms with Gasteiger partial charge in [-0.1, -0.05) is 15.9 Å². The molecule has 110 valence electrons. The molecule has 0 radical (unpaired) electrons. The van der Waals surface area contributed by atoms with Crippen molar-refractivity contribution in [1.29, 1.82) is 0 Å².